The number of halogens is 2. The van der Waals surface area contributed by atoms with Gasteiger partial charge in [-0.05, 0) is 62.9 Å². The Labute approximate surface area is 169 Å². The van der Waals surface area contributed by atoms with E-state index in [4.69, 9.17) is 11.6 Å². The van der Waals surface area contributed by atoms with Crippen molar-refractivity contribution < 1.29 is 17.6 Å². The van der Waals surface area contributed by atoms with Crippen LogP contribution in [0.3, 0.4) is 0 Å². The summed E-state index contributed by atoms with van der Waals surface area (Å²) in [5.74, 6) is -1.04. The minimum atomic E-state index is -3.83. The second-order valence-electron chi connectivity index (χ2n) is 7.12. The van der Waals surface area contributed by atoms with E-state index in [0.717, 1.165) is 11.6 Å². The molecule has 1 N–H and O–H groups in total. The van der Waals surface area contributed by atoms with E-state index in [2.05, 4.69) is 5.32 Å². The molecular formula is C20H22ClFN2O3S. The van der Waals surface area contributed by atoms with Gasteiger partial charge in [0, 0.05) is 12.2 Å². The largest absolute Gasteiger partial charge is 0.325 e. The molecular weight excluding hydrogens is 403 g/mol. The molecule has 1 aliphatic heterocycles. The van der Waals surface area contributed by atoms with Gasteiger partial charge < -0.3 is 5.32 Å². The summed E-state index contributed by atoms with van der Waals surface area (Å²) in [6.07, 6.45) is 1.01. The van der Waals surface area contributed by atoms with Gasteiger partial charge in [0.25, 0.3) is 0 Å². The summed E-state index contributed by atoms with van der Waals surface area (Å²) in [4.78, 5) is 13.0. The van der Waals surface area contributed by atoms with Crippen LogP contribution in [0.1, 0.15) is 29.5 Å². The predicted octanol–water partition coefficient (Wildman–Crippen LogP) is 4.20. The van der Waals surface area contributed by atoms with E-state index in [-0.39, 0.29) is 16.5 Å². The third-order valence-corrected chi connectivity index (χ3v) is 7.37. The molecule has 1 heterocycles. The Morgan fingerprint density at radius 2 is 1.82 bits per heavy atom. The van der Waals surface area contributed by atoms with Crippen LogP contribution in [0.15, 0.2) is 35.2 Å². The van der Waals surface area contributed by atoms with Crippen molar-refractivity contribution in [2.45, 2.75) is 44.6 Å². The Hall–Kier alpha value is -1.96. The lowest BCUT2D eigenvalue weighted by Gasteiger charge is -2.25. The lowest BCUT2D eigenvalue weighted by Crippen LogP contribution is -2.43. The second-order valence-corrected chi connectivity index (χ2v) is 9.35. The topological polar surface area (TPSA) is 66.5 Å². The van der Waals surface area contributed by atoms with E-state index >= 15 is 0 Å². The highest BCUT2D eigenvalue weighted by Crippen LogP contribution is 2.31. The molecule has 1 fully saturated rings. The maximum atomic E-state index is 13.3. The van der Waals surface area contributed by atoms with Gasteiger partial charge in [-0.2, -0.15) is 4.31 Å². The van der Waals surface area contributed by atoms with Crippen LogP contribution in [0.5, 0.6) is 0 Å². The molecule has 2 aromatic carbocycles. The van der Waals surface area contributed by atoms with E-state index in [1.54, 1.807) is 13.8 Å². The number of nitrogens with zero attached hydrogens (tertiary/aromatic N) is 1. The third kappa shape index (κ3) is 3.92. The first kappa shape index (κ1) is 20.8. The highest BCUT2D eigenvalue weighted by molar-refractivity contribution is 7.89. The highest BCUT2D eigenvalue weighted by Gasteiger charge is 2.40. The van der Waals surface area contributed by atoms with Gasteiger partial charge in [-0.15, -0.1) is 0 Å². The minimum Gasteiger partial charge on any atom is -0.325 e. The molecule has 5 nitrogen and oxygen atoms in total. The standard InChI is InChI=1S/C20H22ClFN2O3S/c1-12-9-13(2)19(14(3)10-12)28(26,27)24-8-4-5-18(24)20(25)23-15-6-7-17(22)16(21)11-15/h6-7,9-11,18H,4-5,8H2,1-3H3,(H,23,25). The molecule has 0 bridgehead atoms. The molecule has 0 aromatic heterocycles. The molecule has 2 aromatic rings. The Balaban J connectivity index is 1.89. The number of benzene rings is 2. The number of anilines is 1. The van der Waals surface area contributed by atoms with Crippen LogP contribution in [0.25, 0.3) is 0 Å². The van der Waals surface area contributed by atoms with E-state index in [9.17, 15) is 17.6 Å². The zero-order valence-electron chi connectivity index (χ0n) is 15.9. The molecule has 1 saturated heterocycles. The summed E-state index contributed by atoms with van der Waals surface area (Å²) in [5, 5.41) is 2.54. The molecule has 1 amide bonds. The summed E-state index contributed by atoms with van der Waals surface area (Å²) in [6, 6.07) is 6.67. The van der Waals surface area contributed by atoms with E-state index in [0.29, 0.717) is 29.7 Å². The Bertz CT molecular complexity index is 1020. The van der Waals surface area contributed by atoms with Gasteiger partial charge in [0.1, 0.15) is 11.9 Å². The van der Waals surface area contributed by atoms with Gasteiger partial charge in [0.05, 0.1) is 9.92 Å². The van der Waals surface area contributed by atoms with Gasteiger partial charge in [0.2, 0.25) is 15.9 Å². The predicted molar refractivity (Wildman–Crippen MR) is 108 cm³/mol. The molecule has 8 heteroatoms. The molecule has 150 valence electrons. The molecule has 1 aliphatic rings. The number of aryl methyl sites for hydroxylation is 3. The fourth-order valence-corrected chi connectivity index (χ4v) is 6.03. The normalized spacial score (nSPS) is 17.7. The van der Waals surface area contributed by atoms with Gasteiger partial charge in [-0.1, -0.05) is 29.3 Å². The smallest absolute Gasteiger partial charge is 0.244 e. The van der Waals surface area contributed by atoms with Crippen molar-refractivity contribution in [2.24, 2.45) is 0 Å². The third-order valence-electron chi connectivity index (χ3n) is 4.86. The minimum absolute atomic E-state index is 0.111. The molecule has 28 heavy (non-hydrogen) atoms. The number of nitrogens with one attached hydrogen (secondary N) is 1. The Morgan fingerprint density at radius 1 is 1.18 bits per heavy atom. The number of carbonyl (C=O) groups is 1. The summed E-state index contributed by atoms with van der Waals surface area (Å²) in [5.41, 5.74) is 2.63. The SMILES string of the molecule is Cc1cc(C)c(S(=O)(=O)N2CCCC2C(=O)Nc2ccc(F)c(Cl)c2)c(C)c1. The van der Waals surface area contributed by atoms with Gasteiger partial charge in [0.15, 0.2) is 0 Å². The van der Waals surface area contributed by atoms with Gasteiger partial charge >= 0.3 is 0 Å². The fourth-order valence-electron chi connectivity index (χ4n) is 3.78. The van der Waals surface area contributed by atoms with E-state index in [1.165, 1.54) is 16.4 Å². The van der Waals surface area contributed by atoms with Crippen LogP contribution in [-0.4, -0.2) is 31.2 Å². The van der Waals surface area contributed by atoms with Crippen LogP contribution < -0.4 is 5.32 Å². The van der Waals surface area contributed by atoms with Crippen molar-refractivity contribution >= 4 is 33.2 Å². The Morgan fingerprint density at radius 3 is 2.43 bits per heavy atom. The average molecular weight is 425 g/mol. The number of sulfonamides is 1. The van der Waals surface area contributed by atoms with Crippen LogP contribution in [-0.2, 0) is 14.8 Å². The number of carbonyl (C=O) groups excluding carboxylic acids is 1. The first-order valence-electron chi connectivity index (χ1n) is 8.97. The fraction of sp³-hybridized carbons (Fsp3) is 0.350. The molecule has 0 spiro atoms. The summed E-state index contributed by atoms with van der Waals surface area (Å²) < 4.78 is 41.2. The van der Waals surface area contributed by atoms with Crippen LogP contribution >= 0.6 is 11.6 Å². The lowest BCUT2D eigenvalue weighted by atomic mass is 10.1. The van der Waals surface area contributed by atoms with Crippen LogP contribution in [0.4, 0.5) is 10.1 Å². The van der Waals surface area contributed by atoms with E-state index < -0.39 is 27.8 Å². The van der Waals surface area contributed by atoms with Crippen molar-refractivity contribution in [1.29, 1.82) is 0 Å². The van der Waals surface area contributed by atoms with Crippen LogP contribution in [0, 0.1) is 26.6 Å². The second kappa shape index (κ2) is 7.81. The average Bonchev–Trinajstić information content (AvgIpc) is 3.07. The van der Waals surface area contributed by atoms with E-state index in [1.807, 2.05) is 19.1 Å². The van der Waals surface area contributed by atoms with Crippen molar-refractivity contribution in [3.05, 3.63) is 57.9 Å². The zero-order chi connectivity index (χ0) is 20.6. The van der Waals surface area contributed by atoms with Crippen LogP contribution in [0.2, 0.25) is 5.02 Å². The zero-order valence-corrected chi connectivity index (χ0v) is 17.5. The molecule has 1 unspecified atom stereocenters. The molecule has 1 atom stereocenters. The van der Waals surface area contributed by atoms with Gasteiger partial charge in [-0.25, -0.2) is 12.8 Å². The number of hydrogen-bond acceptors (Lipinski definition) is 3. The molecule has 3 rings (SSSR count). The maximum absolute atomic E-state index is 13.3. The Kier molecular flexibility index (Phi) is 5.79. The molecule has 0 saturated carbocycles. The quantitative estimate of drug-likeness (QED) is 0.800. The van der Waals surface area contributed by atoms with Crippen molar-refractivity contribution in [2.75, 3.05) is 11.9 Å². The lowest BCUT2D eigenvalue weighted by molar-refractivity contribution is -0.119. The molecule has 0 radical (unpaired) electrons. The monoisotopic (exact) mass is 424 g/mol. The number of amides is 1. The van der Waals surface area contributed by atoms with Crippen molar-refractivity contribution in [1.82, 2.24) is 4.31 Å². The van der Waals surface area contributed by atoms with Gasteiger partial charge in [-0.3, -0.25) is 4.79 Å². The maximum Gasteiger partial charge on any atom is 0.244 e. The first-order valence-corrected chi connectivity index (χ1v) is 10.8. The summed E-state index contributed by atoms with van der Waals surface area (Å²) >= 11 is 5.75. The first-order chi connectivity index (χ1) is 13.1. The summed E-state index contributed by atoms with van der Waals surface area (Å²) in [6.45, 7) is 5.71. The molecule has 0 aliphatic carbocycles. The highest BCUT2D eigenvalue weighted by atomic mass is 35.5. The number of rotatable bonds is 4. The summed E-state index contributed by atoms with van der Waals surface area (Å²) in [7, 11) is -3.83. The number of hydrogen-bond donors (Lipinski definition) is 1. The van der Waals surface area contributed by atoms with Crippen molar-refractivity contribution in [3.8, 4) is 0 Å². The van der Waals surface area contributed by atoms with Crippen molar-refractivity contribution in [3.63, 3.8) is 0 Å².